The third kappa shape index (κ3) is 4.25. The largest absolute Gasteiger partial charge is 0.490 e. The van der Waals surface area contributed by atoms with Crippen molar-refractivity contribution in [3.63, 3.8) is 0 Å². The fourth-order valence-electron chi connectivity index (χ4n) is 3.07. The first kappa shape index (κ1) is 19.4. The van der Waals surface area contributed by atoms with Gasteiger partial charge in [-0.15, -0.1) is 0 Å². The van der Waals surface area contributed by atoms with E-state index in [1.54, 1.807) is 6.07 Å². The quantitative estimate of drug-likeness (QED) is 0.527. The summed E-state index contributed by atoms with van der Waals surface area (Å²) in [5.74, 6) is -0.946. The van der Waals surface area contributed by atoms with E-state index >= 15 is 0 Å². The van der Waals surface area contributed by atoms with Gasteiger partial charge in [0.05, 0.1) is 5.02 Å². The summed E-state index contributed by atoms with van der Waals surface area (Å²) < 4.78 is 38.9. The maximum Gasteiger partial charge on any atom is 0.222 e. The first-order valence-electron chi connectivity index (χ1n) is 9.15. The molecular formula is C23H18ClF2NO2. The minimum Gasteiger partial charge on any atom is -0.490 e. The van der Waals surface area contributed by atoms with Gasteiger partial charge in [0.25, 0.3) is 0 Å². The van der Waals surface area contributed by atoms with Crippen molar-refractivity contribution in [3.05, 3.63) is 88.4 Å². The van der Waals surface area contributed by atoms with Crippen LogP contribution in [0, 0.1) is 18.6 Å². The van der Waals surface area contributed by atoms with Gasteiger partial charge in [0, 0.05) is 0 Å². The maximum atomic E-state index is 13.9. The first-order valence-corrected chi connectivity index (χ1v) is 9.53. The van der Waals surface area contributed by atoms with Crippen molar-refractivity contribution < 1.29 is 18.3 Å². The molecule has 3 aromatic rings. The predicted molar refractivity (Wildman–Crippen MR) is 110 cm³/mol. The molecule has 0 aliphatic carbocycles. The van der Waals surface area contributed by atoms with Crippen LogP contribution in [-0.4, -0.2) is 25.2 Å². The van der Waals surface area contributed by atoms with Crippen LogP contribution in [0.5, 0.6) is 5.75 Å². The van der Waals surface area contributed by atoms with E-state index in [4.69, 9.17) is 21.1 Å². The molecule has 0 amide bonds. The molecule has 0 aromatic heterocycles. The van der Waals surface area contributed by atoms with Crippen LogP contribution in [0.2, 0.25) is 5.02 Å². The number of nitrogens with zero attached hydrogens (tertiary/aromatic N) is 1. The molecule has 1 unspecified atom stereocenters. The Morgan fingerprint density at radius 3 is 2.41 bits per heavy atom. The Kier molecular flexibility index (Phi) is 5.49. The van der Waals surface area contributed by atoms with Gasteiger partial charge < -0.3 is 9.47 Å². The van der Waals surface area contributed by atoms with Gasteiger partial charge in [-0.3, -0.25) is 0 Å². The van der Waals surface area contributed by atoms with Crippen molar-refractivity contribution in [3.8, 4) is 16.9 Å². The van der Waals surface area contributed by atoms with Crippen molar-refractivity contribution in [2.45, 2.75) is 13.0 Å². The molecule has 3 nitrogen and oxygen atoms in total. The molecule has 3 aromatic carbocycles. The highest BCUT2D eigenvalue weighted by Crippen LogP contribution is 2.31. The zero-order chi connectivity index (χ0) is 20.4. The minimum atomic E-state index is -0.708. The third-order valence-electron chi connectivity index (χ3n) is 4.64. The molecule has 0 radical (unpaired) electrons. The van der Waals surface area contributed by atoms with Crippen molar-refractivity contribution >= 4 is 17.5 Å². The number of hydrogen-bond donors (Lipinski definition) is 0. The maximum absolute atomic E-state index is 13.9. The van der Waals surface area contributed by atoms with Crippen LogP contribution in [-0.2, 0) is 4.74 Å². The number of rotatable bonds is 5. The van der Waals surface area contributed by atoms with E-state index in [1.807, 2.05) is 43.3 Å². The summed E-state index contributed by atoms with van der Waals surface area (Å²) in [4.78, 5) is 4.24. The second kappa shape index (κ2) is 8.21. The van der Waals surface area contributed by atoms with Crippen molar-refractivity contribution in [1.82, 2.24) is 0 Å². The van der Waals surface area contributed by atoms with Crippen LogP contribution >= 0.6 is 11.6 Å². The van der Waals surface area contributed by atoms with Crippen LogP contribution < -0.4 is 4.74 Å². The van der Waals surface area contributed by atoms with E-state index in [9.17, 15) is 8.78 Å². The SMILES string of the molecule is Cc1ccc(-c2ccc(OCC3COC(c4c(F)cccc4F)=N3)c(Cl)c2)cc1. The minimum absolute atomic E-state index is 0.0463. The molecular weight excluding hydrogens is 396 g/mol. The van der Waals surface area contributed by atoms with Gasteiger partial charge in [0.2, 0.25) is 5.90 Å². The highest BCUT2D eigenvalue weighted by atomic mass is 35.5. The lowest BCUT2D eigenvalue weighted by Gasteiger charge is -2.11. The molecule has 1 aliphatic heterocycles. The van der Waals surface area contributed by atoms with E-state index < -0.39 is 11.6 Å². The summed E-state index contributed by atoms with van der Waals surface area (Å²) in [6.45, 7) is 2.40. The van der Waals surface area contributed by atoms with E-state index in [0.717, 1.165) is 11.1 Å². The topological polar surface area (TPSA) is 30.8 Å². The normalized spacial score (nSPS) is 15.7. The van der Waals surface area contributed by atoms with Gasteiger partial charge in [0.1, 0.15) is 42.2 Å². The van der Waals surface area contributed by atoms with Crippen LogP contribution in [0.1, 0.15) is 11.1 Å². The number of ether oxygens (including phenoxy) is 2. The van der Waals surface area contributed by atoms with E-state index in [2.05, 4.69) is 4.99 Å². The van der Waals surface area contributed by atoms with E-state index in [1.165, 1.54) is 23.8 Å². The van der Waals surface area contributed by atoms with Gasteiger partial charge in [-0.1, -0.05) is 53.6 Å². The molecule has 1 aliphatic rings. The zero-order valence-corrected chi connectivity index (χ0v) is 16.4. The van der Waals surface area contributed by atoms with E-state index in [0.29, 0.717) is 10.8 Å². The number of aryl methyl sites for hydroxylation is 1. The molecule has 4 rings (SSSR count). The van der Waals surface area contributed by atoms with Crippen LogP contribution in [0.15, 0.2) is 65.7 Å². The van der Waals surface area contributed by atoms with Crippen molar-refractivity contribution in [1.29, 1.82) is 0 Å². The zero-order valence-electron chi connectivity index (χ0n) is 15.7. The van der Waals surface area contributed by atoms with Gasteiger partial charge in [0.15, 0.2) is 0 Å². The first-order chi connectivity index (χ1) is 14.0. The number of halogens is 3. The molecule has 1 heterocycles. The summed E-state index contributed by atoms with van der Waals surface area (Å²) in [7, 11) is 0. The molecule has 0 saturated heterocycles. The number of aliphatic imine (C=N–C) groups is 1. The molecule has 148 valence electrons. The molecule has 0 spiro atoms. The van der Waals surface area contributed by atoms with Gasteiger partial charge in [-0.05, 0) is 42.3 Å². The predicted octanol–water partition coefficient (Wildman–Crippen LogP) is 5.82. The van der Waals surface area contributed by atoms with Crippen LogP contribution in [0.25, 0.3) is 11.1 Å². The van der Waals surface area contributed by atoms with Crippen molar-refractivity contribution in [2.75, 3.05) is 13.2 Å². The molecule has 0 N–H and O–H groups in total. The molecule has 0 fully saturated rings. The summed E-state index contributed by atoms with van der Waals surface area (Å²) in [5, 5.41) is 0.478. The Labute approximate surface area is 172 Å². The summed E-state index contributed by atoms with van der Waals surface area (Å²) in [6.07, 6.45) is 0. The van der Waals surface area contributed by atoms with Gasteiger partial charge in [-0.2, -0.15) is 0 Å². The van der Waals surface area contributed by atoms with E-state index in [-0.39, 0.29) is 30.7 Å². The summed E-state index contributed by atoms with van der Waals surface area (Å²) >= 11 is 6.37. The van der Waals surface area contributed by atoms with Gasteiger partial charge in [-0.25, -0.2) is 13.8 Å². The molecule has 0 bridgehead atoms. The average Bonchev–Trinajstić information content (AvgIpc) is 3.16. The fraction of sp³-hybridized carbons (Fsp3) is 0.174. The highest BCUT2D eigenvalue weighted by Gasteiger charge is 2.25. The standard InChI is InChI=1S/C23H18ClF2NO2/c1-14-5-7-15(8-6-14)16-9-10-21(18(24)11-16)28-12-17-13-29-23(27-17)22-19(25)3-2-4-20(22)26/h2-11,17H,12-13H2,1H3. The molecule has 1 atom stereocenters. The summed E-state index contributed by atoms with van der Waals surface area (Å²) in [5.41, 5.74) is 2.99. The Balaban J connectivity index is 1.44. The fourth-order valence-corrected chi connectivity index (χ4v) is 3.30. The average molecular weight is 414 g/mol. The Morgan fingerprint density at radius 2 is 1.72 bits per heavy atom. The second-order valence-corrected chi connectivity index (χ2v) is 7.23. The van der Waals surface area contributed by atoms with Crippen molar-refractivity contribution in [2.24, 2.45) is 4.99 Å². The highest BCUT2D eigenvalue weighted by molar-refractivity contribution is 6.32. The lowest BCUT2D eigenvalue weighted by atomic mass is 10.0. The monoisotopic (exact) mass is 413 g/mol. The molecule has 6 heteroatoms. The Hall–Kier alpha value is -2.92. The second-order valence-electron chi connectivity index (χ2n) is 6.82. The smallest absolute Gasteiger partial charge is 0.222 e. The summed E-state index contributed by atoms with van der Waals surface area (Å²) in [6, 6.07) is 17.0. The number of benzene rings is 3. The Bertz CT molecular complexity index is 1050. The molecule has 29 heavy (non-hydrogen) atoms. The Morgan fingerprint density at radius 1 is 1.03 bits per heavy atom. The lowest BCUT2D eigenvalue weighted by Crippen LogP contribution is -2.17. The lowest BCUT2D eigenvalue weighted by molar-refractivity contribution is 0.242. The van der Waals surface area contributed by atoms with Crippen LogP contribution in [0.3, 0.4) is 0 Å². The third-order valence-corrected chi connectivity index (χ3v) is 4.93. The molecule has 0 saturated carbocycles. The van der Waals surface area contributed by atoms with Gasteiger partial charge >= 0.3 is 0 Å². The number of hydrogen-bond acceptors (Lipinski definition) is 3. The van der Waals surface area contributed by atoms with Crippen LogP contribution in [0.4, 0.5) is 8.78 Å².